The maximum Gasteiger partial charge on any atom is 0.219 e. The average Bonchev–Trinajstić information content (AvgIpc) is 2.49. The van der Waals surface area contributed by atoms with E-state index < -0.39 is 0 Å². The number of benzene rings is 1. The Bertz CT molecular complexity index is 452. The molecule has 1 atom stereocenters. The summed E-state index contributed by atoms with van der Waals surface area (Å²) in [5.41, 5.74) is 0.640. The topological polar surface area (TPSA) is 50.4 Å². The molecule has 118 valence electrons. The Morgan fingerprint density at radius 2 is 2.19 bits per heavy atom. The molecule has 2 N–H and O–H groups in total. The van der Waals surface area contributed by atoms with Gasteiger partial charge in [-0.05, 0) is 32.4 Å². The van der Waals surface area contributed by atoms with Crippen molar-refractivity contribution in [2.45, 2.75) is 39.2 Å². The van der Waals surface area contributed by atoms with Crippen LogP contribution in [0.15, 0.2) is 18.2 Å². The molecule has 4 nitrogen and oxygen atoms in total. The fourth-order valence-corrected chi connectivity index (χ4v) is 1.97. The van der Waals surface area contributed by atoms with E-state index in [9.17, 15) is 9.18 Å². The molecule has 5 heteroatoms. The minimum absolute atomic E-state index is 0.0176. The Morgan fingerprint density at radius 1 is 1.43 bits per heavy atom. The van der Waals surface area contributed by atoms with Gasteiger partial charge in [0.1, 0.15) is 11.6 Å². The van der Waals surface area contributed by atoms with Gasteiger partial charge in [0.25, 0.3) is 0 Å². The van der Waals surface area contributed by atoms with Crippen LogP contribution in [-0.4, -0.2) is 26.1 Å². The minimum Gasteiger partial charge on any atom is -0.493 e. The smallest absolute Gasteiger partial charge is 0.219 e. The maximum absolute atomic E-state index is 14.0. The monoisotopic (exact) mass is 296 g/mol. The molecule has 1 rings (SSSR count). The molecule has 0 bridgehead atoms. The molecule has 1 aromatic carbocycles. The van der Waals surface area contributed by atoms with E-state index in [0.29, 0.717) is 30.8 Å². The molecule has 0 aliphatic heterocycles. The zero-order valence-corrected chi connectivity index (χ0v) is 13.0. The van der Waals surface area contributed by atoms with Gasteiger partial charge in [0.05, 0.1) is 6.61 Å². The van der Waals surface area contributed by atoms with Crippen LogP contribution >= 0.6 is 0 Å². The Balaban J connectivity index is 2.48. The summed E-state index contributed by atoms with van der Waals surface area (Å²) in [4.78, 5) is 11.0. The van der Waals surface area contributed by atoms with Crippen LogP contribution in [0.3, 0.4) is 0 Å². The summed E-state index contributed by atoms with van der Waals surface area (Å²) in [6.07, 6.45) is 2.03. The van der Waals surface area contributed by atoms with E-state index in [0.717, 1.165) is 13.0 Å². The molecule has 0 aliphatic carbocycles. The van der Waals surface area contributed by atoms with Crippen molar-refractivity contribution in [3.63, 3.8) is 0 Å². The van der Waals surface area contributed by atoms with Crippen molar-refractivity contribution in [2.75, 3.05) is 20.2 Å². The van der Waals surface area contributed by atoms with E-state index in [2.05, 4.69) is 17.6 Å². The maximum atomic E-state index is 14.0. The van der Waals surface area contributed by atoms with Crippen LogP contribution in [0.1, 0.15) is 44.7 Å². The number of halogens is 1. The van der Waals surface area contributed by atoms with Crippen molar-refractivity contribution in [1.82, 2.24) is 10.6 Å². The van der Waals surface area contributed by atoms with Crippen molar-refractivity contribution in [2.24, 2.45) is 0 Å². The van der Waals surface area contributed by atoms with Crippen LogP contribution in [0.4, 0.5) is 4.39 Å². The van der Waals surface area contributed by atoms with Gasteiger partial charge in [-0.2, -0.15) is 0 Å². The first-order valence-corrected chi connectivity index (χ1v) is 7.44. The summed E-state index contributed by atoms with van der Waals surface area (Å²) in [5, 5.41) is 5.80. The summed E-state index contributed by atoms with van der Waals surface area (Å²) in [5.74, 6) is 0.210. The number of rotatable bonds is 9. The highest BCUT2D eigenvalue weighted by molar-refractivity contribution is 5.75. The van der Waals surface area contributed by atoms with Crippen LogP contribution in [-0.2, 0) is 4.79 Å². The van der Waals surface area contributed by atoms with Crippen molar-refractivity contribution >= 4 is 5.91 Å². The second-order valence-electron chi connectivity index (χ2n) is 4.98. The summed E-state index contributed by atoms with van der Waals surface area (Å²) in [7, 11) is 1.60. The second kappa shape index (κ2) is 9.34. The first-order chi connectivity index (χ1) is 10.1. The molecule has 0 aromatic heterocycles. The number of hydrogen-bond donors (Lipinski definition) is 2. The van der Waals surface area contributed by atoms with E-state index in [-0.39, 0.29) is 17.8 Å². The van der Waals surface area contributed by atoms with Crippen LogP contribution in [0, 0.1) is 5.82 Å². The van der Waals surface area contributed by atoms with Gasteiger partial charge in [0, 0.05) is 31.1 Å². The van der Waals surface area contributed by atoms with Gasteiger partial charge >= 0.3 is 0 Å². The standard InChI is InChI=1S/C16H25FN2O2/c1-4-9-19-12(2)14-8-7-13(11-15(14)17)21-10-5-6-16(20)18-3/h7-8,11-12,19H,4-6,9-10H2,1-3H3,(H,18,20). The first kappa shape index (κ1) is 17.4. The van der Waals surface area contributed by atoms with Gasteiger partial charge in [-0.25, -0.2) is 4.39 Å². The largest absolute Gasteiger partial charge is 0.493 e. The van der Waals surface area contributed by atoms with Gasteiger partial charge in [-0.1, -0.05) is 13.0 Å². The van der Waals surface area contributed by atoms with E-state index in [4.69, 9.17) is 4.74 Å². The lowest BCUT2D eigenvalue weighted by Crippen LogP contribution is -2.20. The fraction of sp³-hybridized carbons (Fsp3) is 0.562. The summed E-state index contributed by atoms with van der Waals surface area (Å²) in [6, 6.07) is 4.89. The van der Waals surface area contributed by atoms with Crippen LogP contribution in [0.2, 0.25) is 0 Å². The molecule has 0 radical (unpaired) electrons. The summed E-state index contributed by atoms with van der Waals surface area (Å²) in [6.45, 7) is 5.28. The van der Waals surface area contributed by atoms with Crippen molar-refractivity contribution in [3.05, 3.63) is 29.6 Å². The highest BCUT2D eigenvalue weighted by atomic mass is 19.1. The SMILES string of the molecule is CCCNC(C)c1ccc(OCCCC(=O)NC)cc1F. The molecule has 0 fully saturated rings. The van der Waals surface area contributed by atoms with Gasteiger partial charge in [0.2, 0.25) is 5.91 Å². The third kappa shape index (κ3) is 6.12. The Kier molecular flexibility index (Phi) is 7.75. The van der Waals surface area contributed by atoms with Gasteiger partial charge in [0.15, 0.2) is 0 Å². The van der Waals surface area contributed by atoms with Crippen LogP contribution < -0.4 is 15.4 Å². The third-order valence-electron chi connectivity index (χ3n) is 3.23. The predicted octanol–water partition coefficient (Wildman–Crippen LogP) is 2.79. The summed E-state index contributed by atoms with van der Waals surface area (Å²) >= 11 is 0. The zero-order chi connectivity index (χ0) is 15.7. The number of amides is 1. The van der Waals surface area contributed by atoms with Crippen LogP contribution in [0.25, 0.3) is 0 Å². The number of hydrogen-bond acceptors (Lipinski definition) is 3. The van der Waals surface area contributed by atoms with Gasteiger partial charge in [-0.15, -0.1) is 0 Å². The second-order valence-corrected chi connectivity index (χ2v) is 4.98. The van der Waals surface area contributed by atoms with Gasteiger partial charge in [-0.3, -0.25) is 4.79 Å². The lowest BCUT2D eigenvalue weighted by molar-refractivity contribution is -0.120. The normalized spacial score (nSPS) is 12.0. The molecule has 1 unspecified atom stereocenters. The molecule has 0 saturated carbocycles. The predicted molar refractivity (Wildman–Crippen MR) is 81.9 cm³/mol. The molecular weight excluding hydrogens is 271 g/mol. The Morgan fingerprint density at radius 3 is 2.81 bits per heavy atom. The number of carbonyl (C=O) groups excluding carboxylic acids is 1. The van der Waals surface area contributed by atoms with Gasteiger partial charge < -0.3 is 15.4 Å². The number of ether oxygens (including phenoxy) is 1. The molecule has 1 aromatic rings. The Hall–Kier alpha value is -1.62. The van der Waals surface area contributed by atoms with E-state index in [1.54, 1.807) is 19.2 Å². The van der Waals surface area contributed by atoms with Crippen molar-refractivity contribution in [3.8, 4) is 5.75 Å². The van der Waals surface area contributed by atoms with E-state index in [1.165, 1.54) is 6.07 Å². The Labute approximate surface area is 126 Å². The first-order valence-electron chi connectivity index (χ1n) is 7.44. The number of carbonyl (C=O) groups is 1. The highest BCUT2D eigenvalue weighted by Crippen LogP contribution is 2.22. The molecule has 1 amide bonds. The minimum atomic E-state index is -0.269. The van der Waals surface area contributed by atoms with Crippen LogP contribution in [0.5, 0.6) is 5.75 Å². The third-order valence-corrected chi connectivity index (χ3v) is 3.23. The molecule has 0 aliphatic rings. The summed E-state index contributed by atoms with van der Waals surface area (Å²) < 4.78 is 19.5. The highest BCUT2D eigenvalue weighted by Gasteiger charge is 2.11. The molecule has 21 heavy (non-hydrogen) atoms. The van der Waals surface area contributed by atoms with E-state index >= 15 is 0 Å². The lowest BCUT2D eigenvalue weighted by atomic mass is 10.1. The number of nitrogens with one attached hydrogen (secondary N) is 2. The average molecular weight is 296 g/mol. The van der Waals surface area contributed by atoms with Crippen molar-refractivity contribution in [1.29, 1.82) is 0 Å². The quantitative estimate of drug-likeness (QED) is 0.689. The zero-order valence-electron chi connectivity index (χ0n) is 13.0. The van der Waals surface area contributed by atoms with Crippen molar-refractivity contribution < 1.29 is 13.9 Å². The molecule has 0 saturated heterocycles. The molecule has 0 heterocycles. The molecule has 0 spiro atoms. The molecular formula is C16H25FN2O2. The fourth-order valence-electron chi connectivity index (χ4n) is 1.97. The lowest BCUT2D eigenvalue weighted by Gasteiger charge is -2.15. The van der Waals surface area contributed by atoms with E-state index in [1.807, 2.05) is 6.92 Å².